The van der Waals surface area contributed by atoms with Crippen molar-refractivity contribution in [3.05, 3.63) is 0 Å². The molecule has 2 rings (SSSR count). The summed E-state index contributed by atoms with van der Waals surface area (Å²) in [6, 6.07) is 0. The van der Waals surface area contributed by atoms with Crippen LogP contribution < -0.4 is 0 Å². The average Bonchev–Trinajstić information content (AvgIpc) is 2.38. The molecule has 46 valence electrons. The summed E-state index contributed by atoms with van der Waals surface area (Å²) in [5.74, 6) is 1.17. The van der Waals surface area contributed by atoms with Crippen molar-refractivity contribution < 1.29 is 0 Å². The van der Waals surface area contributed by atoms with Gasteiger partial charge in [-0.3, -0.25) is 0 Å². The first-order chi connectivity index (χ1) is 3.87. The third-order valence-corrected chi connectivity index (χ3v) is 3.29. The maximum atomic E-state index is 2.35. The Kier molecular flexibility index (Phi) is 0.778. The zero-order valence-corrected chi connectivity index (χ0v) is 5.61. The zero-order chi connectivity index (χ0) is 5.61. The second-order valence-electron chi connectivity index (χ2n) is 3.51. The van der Waals surface area contributed by atoms with E-state index in [0.29, 0.717) is 0 Å². The predicted octanol–water partition coefficient (Wildman–Crippen LogP) is 2.59. The molecule has 2 aliphatic rings. The number of rotatable bonds is 1. The molecular formula is C8H14. The van der Waals surface area contributed by atoms with Crippen LogP contribution in [0.5, 0.6) is 0 Å². The molecule has 0 aromatic heterocycles. The number of fused-ring (bicyclic) bond motifs is 1. The van der Waals surface area contributed by atoms with Gasteiger partial charge in [-0.1, -0.05) is 19.8 Å². The minimum absolute atomic E-state index is 0.903. The van der Waals surface area contributed by atoms with Crippen molar-refractivity contribution >= 4 is 0 Å². The van der Waals surface area contributed by atoms with Gasteiger partial charge < -0.3 is 0 Å². The van der Waals surface area contributed by atoms with Gasteiger partial charge in [-0.25, -0.2) is 0 Å². The summed E-state index contributed by atoms with van der Waals surface area (Å²) in [5.41, 5.74) is 0.903. The standard InChI is InChI=1S/C8H14/c1-2-8-5-3-4-7(8)6-8/h7H,2-6H2,1H3/t7-,8?/m0/s1. The highest BCUT2D eigenvalue weighted by atomic mass is 14.6. The van der Waals surface area contributed by atoms with E-state index in [1.54, 1.807) is 19.3 Å². The van der Waals surface area contributed by atoms with Gasteiger partial charge in [0.15, 0.2) is 0 Å². The quantitative estimate of drug-likeness (QED) is 0.486. The summed E-state index contributed by atoms with van der Waals surface area (Å²) in [6.45, 7) is 2.35. The molecule has 2 saturated carbocycles. The summed E-state index contributed by atoms with van der Waals surface area (Å²) in [6.07, 6.45) is 7.65. The fraction of sp³-hybridized carbons (Fsp3) is 1.00. The Hall–Kier alpha value is 0. The van der Waals surface area contributed by atoms with Gasteiger partial charge in [-0.15, -0.1) is 0 Å². The molecule has 0 radical (unpaired) electrons. The van der Waals surface area contributed by atoms with Crippen LogP contribution in [0.4, 0.5) is 0 Å². The first-order valence-electron chi connectivity index (χ1n) is 3.87. The van der Waals surface area contributed by atoms with E-state index in [0.717, 1.165) is 5.41 Å². The van der Waals surface area contributed by atoms with Crippen molar-refractivity contribution in [3.63, 3.8) is 0 Å². The van der Waals surface area contributed by atoms with Crippen molar-refractivity contribution in [1.29, 1.82) is 0 Å². The molecule has 0 amide bonds. The van der Waals surface area contributed by atoms with E-state index in [1.165, 1.54) is 18.8 Å². The lowest BCUT2D eigenvalue weighted by atomic mass is 10.0. The Morgan fingerprint density at radius 3 is 2.75 bits per heavy atom. The molecule has 0 saturated heterocycles. The molecule has 0 bridgehead atoms. The van der Waals surface area contributed by atoms with E-state index < -0.39 is 0 Å². The second-order valence-corrected chi connectivity index (χ2v) is 3.51. The summed E-state index contributed by atoms with van der Waals surface area (Å²) < 4.78 is 0. The van der Waals surface area contributed by atoms with Crippen LogP contribution in [-0.4, -0.2) is 0 Å². The summed E-state index contributed by atoms with van der Waals surface area (Å²) in [7, 11) is 0. The van der Waals surface area contributed by atoms with Crippen molar-refractivity contribution in [1.82, 2.24) is 0 Å². The zero-order valence-electron chi connectivity index (χ0n) is 5.61. The summed E-state index contributed by atoms with van der Waals surface area (Å²) in [4.78, 5) is 0. The van der Waals surface area contributed by atoms with E-state index in [-0.39, 0.29) is 0 Å². The van der Waals surface area contributed by atoms with Crippen LogP contribution in [0.2, 0.25) is 0 Å². The molecule has 8 heavy (non-hydrogen) atoms. The molecule has 2 fully saturated rings. The van der Waals surface area contributed by atoms with E-state index in [1.807, 2.05) is 0 Å². The third kappa shape index (κ3) is 0.416. The first kappa shape index (κ1) is 4.84. The minimum Gasteiger partial charge on any atom is -0.0648 e. The fourth-order valence-corrected chi connectivity index (χ4v) is 2.46. The van der Waals surface area contributed by atoms with Gasteiger partial charge in [0, 0.05) is 0 Å². The van der Waals surface area contributed by atoms with Gasteiger partial charge in [0.25, 0.3) is 0 Å². The summed E-state index contributed by atoms with van der Waals surface area (Å²) >= 11 is 0. The van der Waals surface area contributed by atoms with Crippen molar-refractivity contribution in [3.8, 4) is 0 Å². The maximum Gasteiger partial charge on any atom is -0.0269 e. The van der Waals surface area contributed by atoms with Gasteiger partial charge in [0.2, 0.25) is 0 Å². The molecule has 0 nitrogen and oxygen atoms in total. The highest BCUT2D eigenvalue weighted by Crippen LogP contribution is 2.65. The molecular weight excluding hydrogens is 96.1 g/mol. The van der Waals surface area contributed by atoms with Crippen molar-refractivity contribution in [2.45, 2.75) is 39.0 Å². The molecule has 0 N–H and O–H groups in total. The van der Waals surface area contributed by atoms with E-state index in [4.69, 9.17) is 0 Å². The highest BCUT2D eigenvalue weighted by Gasteiger charge is 2.54. The van der Waals surface area contributed by atoms with E-state index in [2.05, 4.69) is 6.92 Å². The van der Waals surface area contributed by atoms with Crippen molar-refractivity contribution in [2.24, 2.45) is 11.3 Å². The largest absolute Gasteiger partial charge is 0.0648 e. The smallest absolute Gasteiger partial charge is 0.0269 e. The van der Waals surface area contributed by atoms with Gasteiger partial charge in [0.05, 0.1) is 0 Å². The van der Waals surface area contributed by atoms with Crippen LogP contribution in [0.1, 0.15) is 39.0 Å². The van der Waals surface area contributed by atoms with Crippen LogP contribution in [0, 0.1) is 11.3 Å². The van der Waals surface area contributed by atoms with Gasteiger partial charge in [-0.05, 0) is 30.6 Å². The average molecular weight is 110 g/mol. The highest BCUT2D eigenvalue weighted by molar-refractivity contribution is 5.05. The minimum atomic E-state index is 0.903. The lowest BCUT2D eigenvalue weighted by molar-refractivity contribution is 0.470. The number of hydrogen-bond acceptors (Lipinski definition) is 0. The second kappa shape index (κ2) is 1.29. The van der Waals surface area contributed by atoms with E-state index in [9.17, 15) is 0 Å². The lowest BCUT2D eigenvalue weighted by Crippen LogP contribution is -1.93. The Morgan fingerprint density at radius 1 is 1.62 bits per heavy atom. The van der Waals surface area contributed by atoms with Gasteiger partial charge in [-0.2, -0.15) is 0 Å². The van der Waals surface area contributed by atoms with Crippen LogP contribution in [0.25, 0.3) is 0 Å². The molecule has 0 spiro atoms. The molecule has 0 heterocycles. The van der Waals surface area contributed by atoms with Gasteiger partial charge >= 0.3 is 0 Å². The Labute approximate surface area is 51.3 Å². The Morgan fingerprint density at radius 2 is 2.50 bits per heavy atom. The molecule has 0 aromatic carbocycles. The summed E-state index contributed by atoms with van der Waals surface area (Å²) in [5, 5.41) is 0. The van der Waals surface area contributed by atoms with Crippen LogP contribution in [0.3, 0.4) is 0 Å². The molecule has 0 aliphatic heterocycles. The molecule has 1 unspecified atom stereocenters. The van der Waals surface area contributed by atoms with Crippen LogP contribution in [0.15, 0.2) is 0 Å². The SMILES string of the molecule is CCC12CCC[C@H]1C2. The van der Waals surface area contributed by atoms with Crippen LogP contribution in [-0.2, 0) is 0 Å². The Balaban J connectivity index is 2.08. The predicted molar refractivity (Wildman–Crippen MR) is 34.7 cm³/mol. The number of hydrogen-bond donors (Lipinski definition) is 0. The lowest BCUT2D eigenvalue weighted by Gasteiger charge is -2.04. The normalized spacial score (nSPS) is 51.4. The third-order valence-electron chi connectivity index (χ3n) is 3.29. The maximum absolute atomic E-state index is 2.35. The van der Waals surface area contributed by atoms with Gasteiger partial charge in [0.1, 0.15) is 0 Å². The first-order valence-corrected chi connectivity index (χ1v) is 3.87. The topological polar surface area (TPSA) is 0 Å². The molecule has 2 aliphatic carbocycles. The molecule has 2 atom stereocenters. The van der Waals surface area contributed by atoms with Crippen LogP contribution >= 0.6 is 0 Å². The molecule has 0 heteroatoms. The fourth-order valence-electron chi connectivity index (χ4n) is 2.46. The van der Waals surface area contributed by atoms with Crippen molar-refractivity contribution in [2.75, 3.05) is 0 Å². The monoisotopic (exact) mass is 110 g/mol. The Bertz CT molecular complexity index is 103. The molecule has 0 aromatic rings. The van der Waals surface area contributed by atoms with E-state index >= 15 is 0 Å².